The van der Waals surface area contributed by atoms with E-state index in [0.717, 1.165) is 30.3 Å². The van der Waals surface area contributed by atoms with Crippen molar-refractivity contribution >= 4 is 5.65 Å². The Morgan fingerprint density at radius 1 is 1.38 bits per heavy atom. The molecule has 3 rings (SSSR count). The van der Waals surface area contributed by atoms with Crippen molar-refractivity contribution in [2.24, 2.45) is 5.92 Å². The quantitative estimate of drug-likeness (QED) is 0.775. The molecule has 1 aliphatic carbocycles. The highest BCUT2D eigenvalue weighted by molar-refractivity contribution is 5.39. The minimum Gasteiger partial charge on any atom is -0.311 e. The van der Waals surface area contributed by atoms with E-state index < -0.39 is 0 Å². The Labute approximate surface area is 95.5 Å². The van der Waals surface area contributed by atoms with Gasteiger partial charge in [-0.15, -0.1) is 0 Å². The van der Waals surface area contributed by atoms with Crippen molar-refractivity contribution < 1.29 is 0 Å². The largest absolute Gasteiger partial charge is 0.311 e. The van der Waals surface area contributed by atoms with Gasteiger partial charge in [-0.05, 0) is 31.0 Å². The van der Waals surface area contributed by atoms with Gasteiger partial charge in [0.25, 0.3) is 0 Å². The molecule has 3 nitrogen and oxygen atoms in total. The van der Waals surface area contributed by atoms with Crippen LogP contribution in [0.5, 0.6) is 0 Å². The summed E-state index contributed by atoms with van der Waals surface area (Å²) in [6.07, 6.45) is 8.34. The monoisotopic (exact) mass is 215 g/mol. The van der Waals surface area contributed by atoms with Crippen molar-refractivity contribution in [1.82, 2.24) is 14.7 Å². The molecule has 0 aliphatic heterocycles. The van der Waals surface area contributed by atoms with Gasteiger partial charge in [-0.2, -0.15) is 0 Å². The van der Waals surface area contributed by atoms with Gasteiger partial charge in [0.2, 0.25) is 0 Å². The van der Waals surface area contributed by atoms with Crippen LogP contribution < -0.4 is 5.32 Å². The molecule has 0 radical (unpaired) electrons. The lowest BCUT2D eigenvalue weighted by atomic mass is 10.3. The van der Waals surface area contributed by atoms with E-state index in [9.17, 15) is 0 Å². The molecule has 1 N–H and O–H groups in total. The molecule has 0 aromatic carbocycles. The summed E-state index contributed by atoms with van der Waals surface area (Å²) in [7, 11) is 0. The van der Waals surface area contributed by atoms with Crippen LogP contribution in [0.1, 0.15) is 25.0 Å². The Morgan fingerprint density at radius 2 is 2.31 bits per heavy atom. The summed E-state index contributed by atoms with van der Waals surface area (Å²) < 4.78 is 2.07. The Hall–Kier alpha value is -1.35. The molecular weight excluding hydrogens is 198 g/mol. The molecule has 16 heavy (non-hydrogen) atoms. The summed E-state index contributed by atoms with van der Waals surface area (Å²) in [5.74, 6) is 1.01. The molecule has 0 saturated heterocycles. The number of hydrogen-bond acceptors (Lipinski definition) is 2. The minimum atomic E-state index is 0.883. The molecule has 0 spiro atoms. The van der Waals surface area contributed by atoms with Gasteiger partial charge < -0.3 is 9.72 Å². The van der Waals surface area contributed by atoms with E-state index >= 15 is 0 Å². The molecule has 0 unspecified atom stereocenters. The Morgan fingerprint density at radius 3 is 3.12 bits per heavy atom. The second kappa shape index (κ2) is 4.26. The van der Waals surface area contributed by atoms with E-state index in [1.165, 1.54) is 19.3 Å². The third-order valence-corrected chi connectivity index (χ3v) is 3.15. The van der Waals surface area contributed by atoms with Crippen LogP contribution in [0, 0.1) is 5.92 Å². The fourth-order valence-corrected chi connectivity index (χ4v) is 2.00. The molecule has 2 aromatic rings. The lowest BCUT2D eigenvalue weighted by molar-refractivity contribution is 0.608. The van der Waals surface area contributed by atoms with Crippen LogP contribution in [-0.4, -0.2) is 15.9 Å². The molecule has 2 aromatic heterocycles. The van der Waals surface area contributed by atoms with E-state index in [4.69, 9.17) is 0 Å². The molecule has 0 bridgehead atoms. The minimum absolute atomic E-state index is 0.883. The number of fused-ring (bicyclic) bond motifs is 1. The predicted octanol–water partition coefficient (Wildman–Crippen LogP) is 2.22. The Balaban J connectivity index is 1.56. The van der Waals surface area contributed by atoms with Crippen molar-refractivity contribution in [1.29, 1.82) is 0 Å². The highest BCUT2D eigenvalue weighted by Crippen LogP contribution is 2.31. The van der Waals surface area contributed by atoms with Crippen LogP contribution in [0.4, 0.5) is 0 Å². The molecule has 3 heteroatoms. The third kappa shape index (κ3) is 2.25. The summed E-state index contributed by atoms with van der Waals surface area (Å²) >= 11 is 0. The first-order chi connectivity index (χ1) is 7.92. The van der Waals surface area contributed by atoms with Crippen molar-refractivity contribution in [2.75, 3.05) is 6.54 Å². The van der Waals surface area contributed by atoms with Gasteiger partial charge in [0.15, 0.2) is 0 Å². The van der Waals surface area contributed by atoms with Crippen LogP contribution in [0.2, 0.25) is 0 Å². The fraction of sp³-hybridized carbons (Fsp3) is 0.462. The molecule has 0 amide bonds. The molecular formula is C13H17N3. The molecule has 1 fully saturated rings. The van der Waals surface area contributed by atoms with Gasteiger partial charge in [-0.1, -0.05) is 18.9 Å². The van der Waals surface area contributed by atoms with Crippen molar-refractivity contribution in [3.05, 3.63) is 36.3 Å². The van der Waals surface area contributed by atoms with Gasteiger partial charge in [0.05, 0.1) is 5.69 Å². The highest BCUT2D eigenvalue weighted by Gasteiger charge is 2.19. The molecule has 84 valence electrons. The zero-order valence-electron chi connectivity index (χ0n) is 9.39. The summed E-state index contributed by atoms with van der Waals surface area (Å²) in [4.78, 5) is 4.55. The predicted molar refractivity (Wildman–Crippen MR) is 64.2 cm³/mol. The number of imidazole rings is 1. The first-order valence-corrected chi connectivity index (χ1v) is 6.05. The average Bonchev–Trinajstić information content (AvgIpc) is 3.03. The van der Waals surface area contributed by atoms with Crippen LogP contribution in [0.15, 0.2) is 30.6 Å². The second-order valence-corrected chi connectivity index (χ2v) is 4.61. The lowest BCUT2D eigenvalue weighted by Crippen LogP contribution is -2.15. The van der Waals surface area contributed by atoms with Crippen molar-refractivity contribution in [3.8, 4) is 0 Å². The number of nitrogens with one attached hydrogen (secondary N) is 1. The topological polar surface area (TPSA) is 29.3 Å². The zero-order chi connectivity index (χ0) is 10.8. The Kier molecular flexibility index (Phi) is 2.62. The van der Waals surface area contributed by atoms with Crippen LogP contribution in [0.25, 0.3) is 5.65 Å². The summed E-state index contributed by atoms with van der Waals surface area (Å²) in [5, 5.41) is 3.46. The van der Waals surface area contributed by atoms with Gasteiger partial charge >= 0.3 is 0 Å². The van der Waals surface area contributed by atoms with Crippen LogP contribution >= 0.6 is 0 Å². The summed E-state index contributed by atoms with van der Waals surface area (Å²) in [6, 6.07) is 6.08. The maximum Gasteiger partial charge on any atom is 0.137 e. The van der Waals surface area contributed by atoms with Crippen LogP contribution in [-0.2, 0) is 6.54 Å². The number of nitrogens with zero attached hydrogens (tertiary/aromatic N) is 2. The average molecular weight is 215 g/mol. The third-order valence-electron chi connectivity index (χ3n) is 3.15. The van der Waals surface area contributed by atoms with E-state index in [1.54, 1.807) is 0 Å². The second-order valence-electron chi connectivity index (χ2n) is 4.61. The number of rotatable bonds is 5. The number of pyridine rings is 1. The zero-order valence-corrected chi connectivity index (χ0v) is 9.39. The van der Waals surface area contributed by atoms with Gasteiger partial charge in [-0.3, -0.25) is 0 Å². The normalized spacial score (nSPS) is 15.8. The molecule has 0 atom stereocenters. The number of hydrogen-bond donors (Lipinski definition) is 1. The van der Waals surface area contributed by atoms with E-state index in [1.807, 2.05) is 24.4 Å². The molecule has 1 aliphatic rings. The van der Waals surface area contributed by atoms with Gasteiger partial charge in [-0.25, -0.2) is 4.98 Å². The van der Waals surface area contributed by atoms with Crippen molar-refractivity contribution in [3.63, 3.8) is 0 Å². The smallest absolute Gasteiger partial charge is 0.137 e. The van der Waals surface area contributed by atoms with Crippen LogP contribution in [0.3, 0.4) is 0 Å². The lowest BCUT2D eigenvalue weighted by Gasteiger charge is -2.00. The Bertz CT molecular complexity index is 438. The SMILES string of the molecule is c1ccn2cc(CNCCC3CC3)nc2c1. The van der Waals surface area contributed by atoms with E-state index in [-0.39, 0.29) is 0 Å². The molecule has 1 saturated carbocycles. The van der Waals surface area contributed by atoms with Crippen molar-refractivity contribution in [2.45, 2.75) is 25.8 Å². The summed E-state index contributed by atoms with van der Waals surface area (Å²) in [6.45, 7) is 2.01. The van der Waals surface area contributed by atoms with E-state index in [2.05, 4.69) is 20.9 Å². The molecule has 2 heterocycles. The first-order valence-electron chi connectivity index (χ1n) is 6.05. The summed E-state index contributed by atoms with van der Waals surface area (Å²) in [5.41, 5.74) is 2.16. The maximum atomic E-state index is 4.55. The number of aromatic nitrogens is 2. The maximum absolute atomic E-state index is 4.55. The van der Waals surface area contributed by atoms with Gasteiger partial charge in [0, 0.05) is 18.9 Å². The van der Waals surface area contributed by atoms with Gasteiger partial charge in [0.1, 0.15) is 5.65 Å². The highest BCUT2D eigenvalue weighted by atomic mass is 15.0. The fourth-order valence-electron chi connectivity index (χ4n) is 2.00. The van der Waals surface area contributed by atoms with E-state index in [0.29, 0.717) is 0 Å². The standard InChI is InChI=1S/C13H17N3/c1-2-8-16-10-12(15-13(16)3-1)9-14-7-6-11-4-5-11/h1-3,8,10-11,14H,4-7,9H2. The first kappa shape index (κ1) is 9.85.